The monoisotopic (exact) mass is 274 g/mol. The van der Waals surface area contributed by atoms with Crippen LogP contribution in [-0.4, -0.2) is 39.8 Å². The summed E-state index contributed by atoms with van der Waals surface area (Å²) in [4.78, 5) is 10.9. The largest absolute Gasteiger partial charge is 0.490 e. The molecule has 0 heterocycles. The molecule has 0 aromatic heterocycles. The van der Waals surface area contributed by atoms with Crippen molar-refractivity contribution >= 4 is 16.1 Å². The molecule has 18 heavy (non-hydrogen) atoms. The normalized spacial score (nSPS) is 10.8. The lowest BCUT2D eigenvalue weighted by molar-refractivity contribution is 0.198. The highest BCUT2D eigenvalue weighted by atomic mass is 32.2. The Bertz CT molecular complexity index is 515. The lowest BCUT2D eigenvalue weighted by Gasteiger charge is -2.11. The Morgan fingerprint density at radius 3 is 2.67 bits per heavy atom. The molecular formula is C10H14N2O5S. The minimum atomic E-state index is -4.00. The third kappa shape index (κ3) is 3.60. The standard InChI is InChI=1S/C10H14N2O5S/c1-11-10(14)12-18(15,16)9-5-3-2-4-8(9)17-7-6-13/h2-5,13H,6-7H2,1H3,(H2,11,12,14). The molecule has 0 saturated heterocycles. The van der Waals surface area contributed by atoms with Crippen molar-refractivity contribution in [1.82, 2.24) is 10.0 Å². The van der Waals surface area contributed by atoms with Gasteiger partial charge in [0.15, 0.2) is 0 Å². The number of amides is 2. The maximum Gasteiger partial charge on any atom is 0.328 e. The van der Waals surface area contributed by atoms with Crippen LogP contribution in [0.1, 0.15) is 0 Å². The summed E-state index contributed by atoms with van der Waals surface area (Å²) in [6, 6.07) is 4.99. The molecule has 1 rings (SSSR count). The summed E-state index contributed by atoms with van der Waals surface area (Å²) in [5.74, 6) is 0.0722. The average Bonchev–Trinajstić information content (AvgIpc) is 2.36. The SMILES string of the molecule is CNC(=O)NS(=O)(=O)c1ccccc1OCCO. The molecule has 1 aromatic carbocycles. The molecule has 0 unspecified atom stereocenters. The predicted octanol–water partition coefficient (Wildman–Crippen LogP) is -0.325. The van der Waals surface area contributed by atoms with E-state index in [1.165, 1.54) is 25.2 Å². The molecule has 0 aliphatic heterocycles. The number of aliphatic hydroxyl groups excluding tert-OH is 1. The molecule has 0 fully saturated rings. The number of hydrogen-bond acceptors (Lipinski definition) is 5. The van der Waals surface area contributed by atoms with Crippen LogP contribution in [0.25, 0.3) is 0 Å². The van der Waals surface area contributed by atoms with Crippen molar-refractivity contribution in [2.45, 2.75) is 4.90 Å². The highest BCUT2D eigenvalue weighted by Gasteiger charge is 2.21. The Hall–Kier alpha value is -1.80. The lowest BCUT2D eigenvalue weighted by atomic mass is 10.3. The van der Waals surface area contributed by atoms with Gasteiger partial charge in [-0.2, -0.15) is 0 Å². The van der Waals surface area contributed by atoms with E-state index >= 15 is 0 Å². The molecule has 0 bridgehead atoms. The van der Waals surface area contributed by atoms with E-state index in [0.29, 0.717) is 0 Å². The van der Waals surface area contributed by atoms with E-state index in [4.69, 9.17) is 9.84 Å². The number of para-hydroxylation sites is 1. The summed E-state index contributed by atoms with van der Waals surface area (Å²) in [6.45, 7) is -0.274. The van der Waals surface area contributed by atoms with Crippen molar-refractivity contribution in [3.63, 3.8) is 0 Å². The van der Waals surface area contributed by atoms with Crippen molar-refractivity contribution < 1.29 is 23.1 Å². The maximum atomic E-state index is 11.9. The first-order chi connectivity index (χ1) is 8.51. The second-order valence-corrected chi connectivity index (χ2v) is 4.85. The first-order valence-electron chi connectivity index (χ1n) is 5.08. The molecule has 0 aliphatic rings. The Morgan fingerprint density at radius 1 is 1.39 bits per heavy atom. The number of sulfonamides is 1. The summed E-state index contributed by atoms with van der Waals surface area (Å²) in [7, 11) is -2.70. The number of aliphatic hydroxyl groups is 1. The Kier molecular flexibility index (Phi) is 4.93. The zero-order valence-electron chi connectivity index (χ0n) is 9.71. The highest BCUT2D eigenvalue weighted by molar-refractivity contribution is 7.90. The van der Waals surface area contributed by atoms with E-state index in [9.17, 15) is 13.2 Å². The van der Waals surface area contributed by atoms with Crippen molar-refractivity contribution in [3.8, 4) is 5.75 Å². The molecule has 0 aliphatic carbocycles. The first-order valence-corrected chi connectivity index (χ1v) is 6.57. The third-order valence-corrected chi connectivity index (χ3v) is 3.31. The van der Waals surface area contributed by atoms with Crippen LogP contribution >= 0.6 is 0 Å². The van der Waals surface area contributed by atoms with E-state index in [-0.39, 0.29) is 23.9 Å². The average molecular weight is 274 g/mol. The Labute approximate surface area is 105 Å². The van der Waals surface area contributed by atoms with Crippen molar-refractivity contribution in [2.75, 3.05) is 20.3 Å². The van der Waals surface area contributed by atoms with Gasteiger partial charge in [0.2, 0.25) is 0 Å². The fraction of sp³-hybridized carbons (Fsp3) is 0.300. The second kappa shape index (κ2) is 6.22. The van der Waals surface area contributed by atoms with Crippen LogP contribution in [-0.2, 0) is 10.0 Å². The van der Waals surface area contributed by atoms with Crippen LogP contribution in [0.5, 0.6) is 5.75 Å². The van der Waals surface area contributed by atoms with Crippen molar-refractivity contribution in [3.05, 3.63) is 24.3 Å². The zero-order chi connectivity index (χ0) is 13.6. The third-order valence-electron chi connectivity index (χ3n) is 1.94. The summed E-state index contributed by atoms with van der Waals surface area (Å²) in [5, 5.41) is 10.8. The molecule has 2 amide bonds. The molecule has 0 radical (unpaired) electrons. The fourth-order valence-electron chi connectivity index (χ4n) is 1.18. The van der Waals surface area contributed by atoms with Gasteiger partial charge in [-0.3, -0.25) is 0 Å². The lowest BCUT2D eigenvalue weighted by Crippen LogP contribution is -2.37. The molecule has 1 aromatic rings. The van der Waals surface area contributed by atoms with Crippen LogP contribution in [0.15, 0.2) is 29.2 Å². The number of urea groups is 1. The van der Waals surface area contributed by atoms with Crippen LogP contribution in [0.2, 0.25) is 0 Å². The number of rotatable bonds is 5. The fourth-order valence-corrected chi connectivity index (χ4v) is 2.28. The van der Waals surface area contributed by atoms with Gasteiger partial charge in [-0.15, -0.1) is 0 Å². The van der Waals surface area contributed by atoms with Crippen LogP contribution in [0.4, 0.5) is 4.79 Å². The van der Waals surface area contributed by atoms with E-state index < -0.39 is 16.1 Å². The predicted molar refractivity (Wildman–Crippen MR) is 63.8 cm³/mol. The van der Waals surface area contributed by atoms with Crippen LogP contribution < -0.4 is 14.8 Å². The van der Waals surface area contributed by atoms with E-state index in [0.717, 1.165) is 0 Å². The molecule has 8 heteroatoms. The van der Waals surface area contributed by atoms with Gasteiger partial charge in [0.1, 0.15) is 17.3 Å². The quantitative estimate of drug-likeness (QED) is 0.682. The van der Waals surface area contributed by atoms with E-state index in [1.54, 1.807) is 6.07 Å². The summed E-state index contributed by atoms with van der Waals surface area (Å²) < 4.78 is 30.6. The van der Waals surface area contributed by atoms with Gasteiger partial charge in [0, 0.05) is 7.05 Å². The van der Waals surface area contributed by atoms with E-state index in [2.05, 4.69) is 5.32 Å². The van der Waals surface area contributed by atoms with Crippen molar-refractivity contribution in [1.29, 1.82) is 0 Å². The number of carbonyl (C=O) groups is 1. The number of hydrogen-bond donors (Lipinski definition) is 3. The van der Waals surface area contributed by atoms with Crippen LogP contribution in [0.3, 0.4) is 0 Å². The maximum absolute atomic E-state index is 11.9. The van der Waals surface area contributed by atoms with Gasteiger partial charge in [-0.05, 0) is 12.1 Å². The molecule has 0 spiro atoms. The van der Waals surface area contributed by atoms with Crippen molar-refractivity contribution in [2.24, 2.45) is 0 Å². The molecule has 0 atom stereocenters. The molecule has 7 nitrogen and oxygen atoms in total. The summed E-state index contributed by atoms with van der Waals surface area (Å²) in [6.07, 6.45) is 0. The smallest absolute Gasteiger partial charge is 0.328 e. The number of benzene rings is 1. The van der Waals surface area contributed by atoms with Gasteiger partial charge in [-0.1, -0.05) is 12.1 Å². The molecule has 3 N–H and O–H groups in total. The number of nitrogens with one attached hydrogen (secondary N) is 2. The minimum Gasteiger partial charge on any atom is -0.490 e. The second-order valence-electron chi connectivity index (χ2n) is 3.20. The summed E-state index contributed by atoms with van der Waals surface area (Å²) >= 11 is 0. The Morgan fingerprint density at radius 2 is 2.06 bits per heavy atom. The number of carbonyl (C=O) groups excluding carboxylic acids is 1. The molecular weight excluding hydrogens is 260 g/mol. The Balaban J connectivity index is 3.04. The molecule has 100 valence electrons. The van der Waals surface area contributed by atoms with Gasteiger partial charge in [0.05, 0.1) is 6.61 Å². The highest BCUT2D eigenvalue weighted by Crippen LogP contribution is 2.22. The van der Waals surface area contributed by atoms with E-state index in [1.807, 2.05) is 4.72 Å². The van der Waals surface area contributed by atoms with Gasteiger partial charge >= 0.3 is 6.03 Å². The van der Waals surface area contributed by atoms with Gasteiger partial charge < -0.3 is 15.2 Å². The van der Waals surface area contributed by atoms with Gasteiger partial charge in [0.25, 0.3) is 10.0 Å². The number of ether oxygens (including phenoxy) is 1. The van der Waals surface area contributed by atoms with Crippen LogP contribution in [0, 0.1) is 0 Å². The molecule has 0 saturated carbocycles. The van der Waals surface area contributed by atoms with Gasteiger partial charge in [-0.25, -0.2) is 17.9 Å². The zero-order valence-corrected chi connectivity index (χ0v) is 10.5. The minimum absolute atomic E-state index is 0.0352. The summed E-state index contributed by atoms with van der Waals surface area (Å²) in [5.41, 5.74) is 0. The first kappa shape index (κ1) is 14.3. The topological polar surface area (TPSA) is 105 Å².